The van der Waals surface area contributed by atoms with Crippen LogP contribution >= 0.6 is 34.5 Å². The number of alkyl halides is 2. The first-order valence-electron chi connectivity index (χ1n) is 6.19. The number of halogens is 2. The van der Waals surface area contributed by atoms with Gasteiger partial charge in [-0.15, -0.1) is 34.5 Å². The summed E-state index contributed by atoms with van der Waals surface area (Å²) in [6.07, 6.45) is 0.492. The molecule has 1 amide bonds. The van der Waals surface area contributed by atoms with E-state index in [1.807, 2.05) is 37.3 Å². The number of hydrogen-bond donors (Lipinski definition) is 1. The summed E-state index contributed by atoms with van der Waals surface area (Å²) in [5.74, 6) is 0.0636. The molecule has 1 aliphatic rings. The third kappa shape index (κ3) is 2.68. The van der Waals surface area contributed by atoms with Crippen molar-refractivity contribution in [2.45, 2.75) is 17.7 Å². The first-order valence-corrected chi connectivity index (χ1v) is 7.76. The van der Waals surface area contributed by atoms with Crippen molar-refractivity contribution in [2.75, 3.05) is 5.32 Å². The quantitative estimate of drug-likeness (QED) is 0.856. The van der Waals surface area contributed by atoms with E-state index in [-0.39, 0.29) is 11.8 Å². The summed E-state index contributed by atoms with van der Waals surface area (Å²) in [5, 5.41) is 3.74. The highest BCUT2D eigenvalue weighted by Crippen LogP contribution is 2.53. The Morgan fingerprint density at radius 2 is 2.05 bits per heavy atom. The first kappa shape index (κ1) is 13.9. The van der Waals surface area contributed by atoms with E-state index in [9.17, 15) is 4.79 Å². The Bertz CT molecular complexity index is 654. The van der Waals surface area contributed by atoms with Crippen molar-refractivity contribution in [3.8, 4) is 10.4 Å². The number of carbonyl (C=O) groups is 1. The molecule has 104 valence electrons. The normalized spacial score (nSPS) is 19.6. The van der Waals surface area contributed by atoms with Gasteiger partial charge in [-0.05, 0) is 18.9 Å². The summed E-state index contributed by atoms with van der Waals surface area (Å²) in [6.45, 7) is 1.91. The number of anilines is 1. The molecule has 0 spiro atoms. The molecule has 0 bridgehead atoms. The van der Waals surface area contributed by atoms with Gasteiger partial charge in [0, 0.05) is 0 Å². The van der Waals surface area contributed by atoms with Gasteiger partial charge in [0.05, 0.1) is 15.8 Å². The van der Waals surface area contributed by atoms with Gasteiger partial charge in [0.15, 0.2) is 5.82 Å². The molecule has 0 aliphatic heterocycles. The molecule has 1 saturated carbocycles. The molecular formula is C14H12Cl2N2OS. The number of aromatic nitrogens is 1. The lowest BCUT2D eigenvalue weighted by Gasteiger charge is -2.05. The van der Waals surface area contributed by atoms with Gasteiger partial charge in [-0.25, -0.2) is 4.98 Å². The number of amides is 1. The maximum atomic E-state index is 12.1. The number of benzene rings is 1. The lowest BCUT2D eigenvalue weighted by molar-refractivity contribution is -0.117. The van der Waals surface area contributed by atoms with Crippen LogP contribution in [0.1, 0.15) is 11.4 Å². The average Bonchev–Trinajstić information content (AvgIpc) is 2.89. The van der Waals surface area contributed by atoms with Crippen LogP contribution in [0, 0.1) is 12.8 Å². The van der Waals surface area contributed by atoms with Gasteiger partial charge < -0.3 is 5.32 Å². The standard InChI is InChI=1S/C14H12Cl2N2OS/c1-8-17-12(18-13(19)10-7-14(10,15)16)11(20-8)9-5-3-2-4-6-9/h2-6,10H,7H2,1H3,(H,18,19). The third-order valence-electron chi connectivity index (χ3n) is 3.15. The first-order chi connectivity index (χ1) is 9.47. The van der Waals surface area contributed by atoms with Crippen LogP contribution in [0.15, 0.2) is 30.3 Å². The highest BCUT2D eigenvalue weighted by molar-refractivity contribution is 7.15. The van der Waals surface area contributed by atoms with Crippen molar-refractivity contribution in [3.63, 3.8) is 0 Å². The molecule has 1 atom stereocenters. The molecule has 1 heterocycles. The number of hydrogen-bond acceptors (Lipinski definition) is 3. The fourth-order valence-corrected chi connectivity index (χ4v) is 3.38. The Kier molecular flexibility index (Phi) is 3.48. The van der Waals surface area contributed by atoms with Gasteiger partial charge >= 0.3 is 0 Å². The number of nitrogens with one attached hydrogen (secondary N) is 1. The van der Waals surface area contributed by atoms with Crippen molar-refractivity contribution >= 4 is 46.3 Å². The minimum Gasteiger partial charge on any atom is -0.309 e. The van der Waals surface area contributed by atoms with E-state index in [4.69, 9.17) is 23.2 Å². The van der Waals surface area contributed by atoms with Crippen LogP contribution < -0.4 is 5.32 Å². The molecule has 0 saturated heterocycles. The van der Waals surface area contributed by atoms with Crippen LogP contribution in [-0.4, -0.2) is 15.2 Å². The summed E-state index contributed by atoms with van der Waals surface area (Å²) in [5.41, 5.74) is 1.03. The lowest BCUT2D eigenvalue weighted by atomic mass is 10.2. The van der Waals surface area contributed by atoms with Gasteiger partial charge in [-0.3, -0.25) is 4.79 Å². The molecule has 1 N–H and O–H groups in total. The second-order valence-electron chi connectivity index (χ2n) is 4.78. The maximum absolute atomic E-state index is 12.1. The Morgan fingerprint density at radius 3 is 2.65 bits per heavy atom. The highest BCUT2D eigenvalue weighted by Gasteiger charge is 2.56. The van der Waals surface area contributed by atoms with Crippen molar-refractivity contribution in [3.05, 3.63) is 35.3 Å². The highest BCUT2D eigenvalue weighted by atomic mass is 35.5. The third-order valence-corrected chi connectivity index (χ3v) is 5.01. The lowest BCUT2D eigenvalue weighted by Crippen LogP contribution is -2.17. The fraction of sp³-hybridized carbons (Fsp3) is 0.286. The average molecular weight is 327 g/mol. The monoisotopic (exact) mass is 326 g/mol. The van der Waals surface area contributed by atoms with Crippen LogP contribution in [0.4, 0.5) is 5.82 Å². The molecule has 1 aromatic carbocycles. The predicted molar refractivity (Wildman–Crippen MR) is 83.5 cm³/mol. The van der Waals surface area contributed by atoms with E-state index in [0.29, 0.717) is 12.2 Å². The van der Waals surface area contributed by atoms with Gasteiger partial charge in [0.2, 0.25) is 5.91 Å². The van der Waals surface area contributed by atoms with E-state index in [0.717, 1.165) is 15.4 Å². The zero-order valence-electron chi connectivity index (χ0n) is 10.7. The van der Waals surface area contributed by atoms with Gasteiger partial charge in [-0.2, -0.15) is 0 Å². The molecule has 1 unspecified atom stereocenters. The Morgan fingerprint density at radius 1 is 1.40 bits per heavy atom. The summed E-state index contributed by atoms with van der Waals surface area (Å²) in [4.78, 5) is 17.4. The van der Waals surface area contributed by atoms with Crippen LogP contribution in [0.3, 0.4) is 0 Å². The van der Waals surface area contributed by atoms with E-state index in [1.54, 1.807) is 11.3 Å². The van der Waals surface area contributed by atoms with Crippen molar-refractivity contribution in [2.24, 2.45) is 5.92 Å². The maximum Gasteiger partial charge on any atom is 0.231 e. The molecule has 6 heteroatoms. The van der Waals surface area contributed by atoms with Gasteiger partial charge in [0.25, 0.3) is 0 Å². The molecule has 2 aromatic rings. The summed E-state index contributed by atoms with van der Waals surface area (Å²) in [6, 6.07) is 9.86. The fourth-order valence-electron chi connectivity index (χ4n) is 2.00. The van der Waals surface area contributed by atoms with Gasteiger partial charge in [0.1, 0.15) is 4.33 Å². The van der Waals surface area contributed by atoms with Crippen molar-refractivity contribution < 1.29 is 4.79 Å². The van der Waals surface area contributed by atoms with Crippen LogP contribution in [0.25, 0.3) is 10.4 Å². The second kappa shape index (κ2) is 5.02. The van der Waals surface area contributed by atoms with E-state index in [2.05, 4.69) is 10.3 Å². The van der Waals surface area contributed by atoms with Crippen LogP contribution in [0.2, 0.25) is 0 Å². The smallest absolute Gasteiger partial charge is 0.231 e. The number of rotatable bonds is 3. The second-order valence-corrected chi connectivity index (χ2v) is 7.53. The van der Waals surface area contributed by atoms with E-state index < -0.39 is 4.33 Å². The zero-order chi connectivity index (χ0) is 14.3. The molecule has 3 rings (SSSR count). The predicted octanol–water partition coefficient (Wildman–Crippen LogP) is 4.25. The zero-order valence-corrected chi connectivity index (χ0v) is 13.0. The molecule has 1 aromatic heterocycles. The van der Waals surface area contributed by atoms with E-state index in [1.165, 1.54) is 0 Å². The van der Waals surface area contributed by atoms with E-state index >= 15 is 0 Å². The minimum absolute atomic E-state index is 0.169. The SMILES string of the molecule is Cc1nc(NC(=O)C2CC2(Cl)Cl)c(-c2ccccc2)s1. The van der Waals surface area contributed by atoms with Crippen molar-refractivity contribution in [1.82, 2.24) is 4.98 Å². The van der Waals surface area contributed by atoms with Crippen LogP contribution in [0.5, 0.6) is 0 Å². The number of carbonyl (C=O) groups excluding carboxylic acids is 1. The molecule has 0 radical (unpaired) electrons. The summed E-state index contributed by atoms with van der Waals surface area (Å²) in [7, 11) is 0. The summed E-state index contributed by atoms with van der Waals surface area (Å²) < 4.78 is -0.915. The molecule has 1 aliphatic carbocycles. The van der Waals surface area contributed by atoms with Crippen molar-refractivity contribution in [1.29, 1.82) is 0 Å². The molecule has 20 heavy (non-hydrogen) atoms. The molecule has 3 nitrogen and oxygen atoms in total. The summed E-state index contributed by atoms with van der Waals surface area (Å²) >= 11 is 13.4. The molecular weight excluding hydrogens is 315 g/mol. The number of aryl methyl sites for hydroxylation is 1. The Balaban J connectivity index is 1.86. The Hall–Kier alpha value is -1.10. The largest absolute Gasteiger partial charge is 0.309 e. The number of nitrogens with zero attached hydrogens (tertiary/aromatic N) is 1. The van der Waals surface area contributed by atoms with Gasteiger partial charge in [-0.1, -0.05) is 30.3 Å². The minimum atomic E-state index is -0.915. The Labute approximate surface area is 130 Å². The topological polar surface area (TPSA) is 42.0 Å². The number of thiazole rings is 1. The van der Waals surface area contributed by atoms with Crippen LogP contribution in [-0.2, 0) is 4.79 Å². The molecule has 1 fully saturated rings.